The summed E-state index contributed by atoms with van der Waals surface area (Å²) < 4.78 is 7.85. The van der Waals surface area contributed by atoms with Gasteiger partial charge >= 0.3 is 0 Å². The standard InChI is InChI=1S/C66H80BN3O/c1-59(2,3)41-23-26-43(27-24-41)68-51-30-25-42(60(4,5)6)37-49(51)67-55-52(68)39-45(70-50-22-18-17-21-47(50)65(15)31-19-20-32-66(65,70)16)40-53(55)69(44-28-29-46-48(38-44)62(9,10)34-33-61(46,7)8)58-56(67)54-57(71-58)64(13,14)36-35-63(54,11)12/h17-18,21-30,37-40H,19-20,31-36H2,1-16H3. The zero-order chi connectivity index (χ0) is 50.4. The Morgan fingerprint density at radius 1 is 0.465 bits per heavy atom. The maximum Gasteiger partial charge on any atom is 0.256 e. The van der Waals surface area contributed by atoms with E-state index in [0.29, 0.717) is 0 Å². The Hall–Kier alpha value is -5.16. The van der Waals surface area contributed by atoms with Crippen LogP contribution in [0.1, 0.15) is 201 Å². The quantitative estimate of drug-likeness (QED) is 0.165. The van der Waals surface area contributed by atoms with Crippen molar-refractivity contribution >= 4 is 68.8 Å². The molecule has 5 aromatic carbocycles. The summed E-state index contributed by atoms with van der Waals surface area (Å²) >= 11 is 0. The lowest BCUT2D eigenvalue weighted by molar-refractivity contribution is 0.195. The first-order valence-corrected chi connectivity index (χ1v) is 27.4. The Bertz CT molecular complexity index is 3190. The van der Waals surface area contributed by atoms with Gasteiger partial charge in [-0.2, -0.15) is 0 Å². The number of anilines is 8. The van der Waals surface area contributed by atoms with E-state index in [0.717, 1.165) is 31.6 Å². The van der Waals surface area contributed by atoms with Crippen LogP contribution in [0.5, 0.6) is 0 Å². The molecule has 3 aliphatic heterocycles. The minimum atomic E-state index is -0.124. The Kier molecular flexibility index (Phi) is 9.74. The fourth-order valence-corrected chi connectivity index (χ4v) is 14.9. The van der Waals surface area contributed by atoms with E-state index >= 15 is 0 Å². The summed E-state index contributed by atoms with van der Waals surface area (Å²) in [5.41, 5.74) is 21.3. The second-order valence-corrected chi connectivity index (χ2v) is 28.3. The van der Waals surface area contributed by atoms with Gasteiger partial charge in [-0.25, -0.2) is 0 Å². The monoisotopic (exact) mass is 942 g/mol. The van der Waals surface area contributed by atoms with E-state index in [4.69, 9.17) is 4.42 Å². The smallest absolute Gasteiger partial charge is 0.256 e. The molecule has 1 aromatic heterocycles. The van der Waals surface area contributed by atoms with Gasteiger partial charge in [0.05, 0.1) is 5.54 Å². The summed E-state index contributed by atoms with van der Waals surface area (Å²) in [5.74, 6) is 2.18. The van der Waals surface area contributed by atoms with Gasteiger partial charge in [-0.3, -0.25) is 4.90 Å². The van der Waals surface area contributed by atoms with E-state index in [1.807, 2.05) is 0 Å². The highest BCUT2D eigenvalue weighted by molar-refractivity contribution is 7.00. The molecule has 1 fully saturated rings. The molecule has 0 amide bonds. The van der Waals surface area contributed by atoms with Gasteiger partial charge in [0.1, 0.15) is 5.76 Å². The SMILES string of the molecule is CC(C)(C)c1ccc(N2c3ccc(C(C)(C)C)cc3B3c4c2cc(N2c5ccccc5C5(C)CCCCC25C)cc4N(c2ccc4c(c2)C(C)(C)CCC4(C)C)c2oc4c(c23)C(C)(C)CCC4(C)C)cc1. The van der Waals surface area contributed by atoms with Crippen molar-refractivity contribution in [3.05, 3.63) is 136 Å². The molecule has 2 unspecified atom stereocenters. The van der Waals surface area contributed by atoms with Crippen LogP contribution in [0.25, 0.3) is 0 Å². The molecule has 5 heteroatoms. The summed E-state index contributed by atoms with van der Waals surface area (Å²) in [5, 5.41) is 0. The summed E-state index contributed by atoms with van der Waals surface area (Å²) in [6, 6.07) is 39.2. The van der Waals surface area contributed by atoms with Gasteiger partial charge in [0.15, 0.2) is 5.88 Å². The van der Waals surface area contributed by atoms with E-state index in [1.165, 1.54) is 121 Å². The van der Waals surface area contributed by atoms with Gasteiger partial charge in [-0.1, -0.05) is 165 Å². The van der Waals surface area contributed by atoms with E-state index < -0.39 is 0 Å². The maximum absolute atomic E-state index is 7.85. The van der Waals surface area contributed by atoms with Gasteiger partial charge in [0, 0.05) is 50.6 Å². The second-order valence-electron chi connectivity index (χ2n) is 28.3. The lowest BCUT2D eigenvalue weighted by atomic mass is 9.32. The number of nitrogens with zero attached hydrogens (tertiary/aromatic N) is 3. The Balaban J connectivity index is 1.24. The van der Waals surface area contributed by atoms with Gasteiger partial charge in [-0.15, -0.1) is 0 Å². The minimum absolute atomic E-state index is 0.0108. The number of para-hydroxylation sites is 1. The van der Waals surface area contributed by atoms with Crippen LogP contribution in [0, 0.1) is 0 Å². The summed E-state index contributed by atoms with van der Waals surface area (Å²) in [4.78, 5) is 8.08. The fourth-order valence-electron chi connectivity index (χ4n) is 14.9. The number of hydrogen-bond donors (Lipinski definition) is 0. The largest absolute Gasteiger partial charge is 0.444 e. The molecule has 368 valence electrons. The molecule has 0 saturated heterocycles. The van der Waals surface area contributed by atoms with Crippen LogP contribution in [0.15, 0.2) is 101 Å². The molecule has 0 N–H and O–H groups in total. The molecular weight excluding hydrogens is 862 g/mol. The number of fused-ring (bicyclic) bond motifs is 10. The van der Waals surface area contributed by atoms with Crippen LogP contribution < -0.4 is 31.1 Å². The summed E-state index contributed by atoms with van der Waals surface area (Å²) in [6.07, 6.45) is 9.36. The van der Waals surface area contributed by atoms with Crippen LogP contribution >= 0.6 is 0 Å². The molecule has 0 radical (unpaired) electrons. The van der Waals surface area contributed by atoms with Gasteiger partial charge in [-0.05, 0) is 171 Å². The van der Waals surface area contributed by atoms with E-state index in [1.54, 1.807) is 0 Å². The second kappa shape index (κ2) is 14.8. The molecule has 0 bridgehead atoms. The highest BCUT2D eigenvalue weighted by Crippen LogP contribution is 2.62. The number of furan rings is 1. The molecule has 12 rings (SSSR count). The van der Waals surface area contributed by atoms with E-state index in [-0.39, 0.29) is 50.2 Å². The molecule has 6 aromatic rings. The third kappa shape index (κ3) is 6.54. The average molecular weight is 942 g/mol. The predicted octanol–water partition coefficient (Wildman–Crippen LogP) is 16.4. The van der Waals surface area contributed by atoms with E-state index in [2.05, 4.69) is 223 Å². The first-order valence-electron chi connectivity index (χ1n) is 27.4. The number of benzene rings is 5. The molecule has 2 atom stereocenters. The van der Waals surface area contributed by atoms with Gasteiger partial charge in [0.2, 0.25) is 0 Å². The first kappa shape index (κ1) is 46.9. The Morgan fingerprint density at radius 3 is 1.75 bits per heavy atom. The Labute approximate surface area is 427 Å². The molecule has 4 nitrogen and oxygen atoms in total. The van der Waals surface area contributed by atoms with Crippen molar-refractivity contribution in [2.24, 2.45) is 0 Å². The lowest BCUT2D eigenvalue weighted by Gasteiger charge is -2.51. The zero-order valence-electron chi connectivity index (χ0n) is 46.2. The van der Waals surface area contributed by atoms with Crippen LogP contribution in [-0.4, -0.2) is 12.3 Å². The van der Waals surface area contributed by atoms with Crippen molar-refractivity contribution in [3.63, 3.8) is 0 Å². The number of rotatable bonds is 3. The van der Waals surface area contributed by atoms with Gasteiger partial charge < -0.3 is 14.2 Å². The van der Waals surface area contributed by atoms with E-state index in [9.17, 15) is 0 Å². The first-order chi connectivity index (χ1) is 33.2. The van der Waals surface area contributed by atoms with Crippen molar-refractivity contribution in [1.82, 2.24) is 0 Å². The topological polar surface area (TPSA) is 22.9 Å². The highest BCUT2D eigenvalue weighted by atomic mass is 16.4. The summed E-state index contributed by atoms with van der Waals surface area (Å²) in [7, 11) is 0. The molecule has 0 spiro atoms. The fraction of sp³-hybridized carbons (Fsp3) is 0.485. The van der Waals surface area contributed by atoms with Gasteiger partial charge in [0.25, 0.3) is 6.71 Å². The molecule has 3 aliphatic carbocycles. The maximum atomic E-state index is 7.85. The third-order valence-electron chi connectivity index (χ3n) is 19.8. The average Bonchev–Trinajstić information content (AvgIpc) is 3.82. The lowest BCUT2D eigenvalue weighted by Crippen LogP contribution is -2.63. The molecular formula is C66H80BN3O. The molecule has 6 aliphatic rings. The van der Waals surface area contributed by atoms with Crippen molar-refractivity contribution in [2.75, 3.05) is 14.7 Å². The van der Waals surface area contributed by atoms with Crippen LogP contribution in [-0.2, 0) is 37.9 Å². The highest BCUT2D eigenvalue weighted by Gasteiger charge is 2.59. The Morgan fingerprint density at radius 2 is 1.06 bits per heavy atom. The minimum Gasteiger partial charge on any atom is -0.444 e. The van der Waals surface area contributed by atoms with Crippen molar-refractivity contribution in [3.8, 4) is 0 Å². The normalized spacial score (nSPS) is 24.1. The zero-order valence-corrected chi connectivity index (χ0v) is 46.2. The van der Waals surface area contributed by atoms with Crippen LogP contribution in [0.4, 0.5) is 45.7 Å². The predicted molar refractivity (Wildman–Crippen MR) is 304 cm³/mol. The summed E-state index contributed by atoms with van der Waals surface area (Å²) in [6.45, 7) is 38.9. The number of hydrogen-bond acceptors (Lipinski definition) is 4. The van der Waals surface area contributed by atoms with Crippen LogP contribution in [0.2, 0.25) is 0 Å². The van der Waals surface area contributed by atoms with Crippen molar-refractivity contribution in [2.45, 2.75) is 206 Å². The molecule has 1 saturated carbocycles. The van der Waals surface area contributed by atoms with Crippen molar-refractivity contribution in [1.29, 1.82) is 0 Å². The van der Waals surface area contributed by atoms with Crippen LogP contribution in [0.3, 0.4) is 0 Å². The third-order valence-corrected chi connectivity index (χ3v) is 19.8. The molecule has 71 heavy (non-hydrogen) atoms. The van der Waals surface area contributed by atoms with Crippen molar-refractivity contribution < 1.29 is 4.42 Å². The molecule has 4 heterocycles.